The molecule has 0 aliphatic carbocycles. The first-order chi connectivity index (χ1) is 9.62. The Labute approximate surface area is 117 Å². The highest BCUT2D eigenvalue weighted by atomic mass is 16.5. The summed E-state index contributed by atoms with van der Waals surface area (Å²) >= 11 is 0. The predicted octanol–water partition coefficient (Wildman–Crippen LogP) is 0.912. The van der Waals surface area contributed by atoms with Crippen molar-refractivity contribution in [3.8, 4) is 0 Å². The average Bonchev–Trinajstić information content (AvgIpc) is 2.77. The highest BCUT2D eigenvalue weighted by Gasteiger charge is 2.42. The van der Waals surface area contributed by atoms with Gasteiger partial charge in [0.1, 0.15) is 0 Å². The van der Waals surface area contributed by atoms with Gasteiger partial charge in [-0.15, -0.1) is 0 Å². The number of hydrogen-bond acceptors (Lipinski definition) is 4. The maximum absolute atomic E-state index is 11.1. The monoisotopic (exact) mass is 273 g/mol. The molecule has 2 saturated heterocycles. The van der Waals surface area contributed by atoms with Crippen LogP contribution in [0.15, 0.2) is 24.4 Å². The maximum Gasteiger partial charge on any atom is 0.0928 e. The number of hydrogen-bond donors (Lipinski definition) is 2. The maximum atomic E-state index is 11.1. The van der Waals surface area contributed by atoms with Gasteiger partial charge in [-0.1, -0.05) is 12.1 Å². The summed E-state index contributed by atoms with van der Waals surface area (Å²) in [4.78, 5) is 0. The molecular weight excluding hydrogens is 254 g/mol. The molecule has 5 nitrogen and oxygen atoms in total. The van der Waals surface area contributed by atoms with Crippen molar-refractivity contribution in [2.75, 3.05) is 13.2 Å². The number of aliphatic hydroxyl groups is 1. The molecule has 5 heteroatoms. The largest absolute Gasteiger partial charge is 0.385 e. The first-order valence-electron chi connectivity index (χ1n) is 7.12. The number of ether oxygens (including phenoxy) is 1. The number of benzene rings is 1. The molecule has 2 aliphatic rings. The first kappa shape index (κ1) is 12.3. The van der Waals surface area contributed by atoms with E-state index in [9.17, 15) is 5.11 Å². The van der Waals surface area contributed by atoms with Crippen LogP contribution in [0.3, 0.4) is 0 Å². The topological polar surface area (TPSA) is 59.3 Å². The Morgan fingerprint density at radius 1 is 1.35 bits per heavy atom. The van der Waals surface area contributed by atoms with Gasteiger partial charge in [0.2, 0.25) is 0 Å². The van der Waals surface area contributed by atoms with Crippen LogP contribution in [-0.4, -0.2) is 40.2 Å². The van der Waals surface area contributed by atoms with Gasteiger partial charge in [-0.3, -0.25) is 4.68 Å². The van der Waals surface area contributed by atoms with E-state index in [1.165, 1.54) is 0 Å². The van der Waals surface area contributed by atoms with Gasteiger partial charge in [-0.2, -0.15) is 5.10 Å². The number of aryl methyl sites for hydroxylation is 1. The fourth-order valence-electron chi connectivity index (χ4n) is 3.58. The van der Waals surface area contributed by atoms with E-state index in [1.54, 1.807) is 0 Å². The molecule has 2 fully saturated rings. The van der Waals surface area contributed by atoms with E-state index < -0.39 is 5.60 Å². The fraction of sp³-hybridized carbons (Fsp3) is 0.533. The zero-order valence-corrected chi connectivity index (χ0v) is 11.5. The minimum Gasteiger partial charge on any atom is -0.385 e. The summed E-state index contributed by atoms with van der Waals surface area (Å²) in [6.07, 6.45) is 3.39. The van der Waals surface area contributed by atoms with Crippen LogP contribution in [0.1, 0.15) is 18.4 Å². The molecule has 1 aromatic carbocycles. The fourth-order valence-corrected chi connectivity index (χ4v) is 3.58. The minimum atomic E-state index is -0.768. The molecule has 2 unspecified atom stereocenters. The third-order valence-corrected chi connectivity index (χ3v) is 4.44. The molecule has 2 bridgehead atoms. The van der Waals surface area contributed by atoms with E-state index in [0.717, 1.165) is 16.5 Å². The summed E-state index contributed by atoms with van der Waals surface area (Å²) in [6.45, 7) is 1.37. The Morgan fingerprint density at radius 2 is 2.10 bits per heavy atom. The highest BCUT2D eigenvalue weighted by Crippen LogP contribution is 2.37. The lowest BCUT2D eigenvalue weighted by molar-refractivity contribution is -0.0801. The van der Waals surface area contributed by atoms with Gasteiger partial charge in [0, 0.05) is 30.7 Å². The van der Waals surface area contributed by atoms with E-state index in [0.29, 0.717) is 26.1 Å². The van der Waals surface area contributed by atoms with Crippen LogP contribution in [0, 0.1) is 0 Å². The summed E-state index contributed by atoms with van der Waals surface area (Å²) in [6, 6.07) is 6.59. The zero-order chi connectivity index (χ0) is 13.7. The molecule has 2 atom stereocenters. The quantitative estimate of drug-likeness (QED) is 0.811. The molecule has 106 valence electrons. The van der Waals surface area contributed by atoms with Crippen LogP contribution in [0.25, 0.3) is 10.9 Å². The lowest BCUT2D eigenvalue weighted by Gasteiger charge is -2.45. The van der Waals surface area contributed by atoms with E-state index in [4.69, 9.17) is 4.74 Å². The molecule has 0 saturated carbocycles. The summed E-state index contributed by atoms with van der Waals surface area (Å²) in [5.41, 5.74) is 1.15. The number of morpholine rings is 1. The van der Waals surface area contributed by atoms with Gasteiger partial charge in [0.25, 0.3) is 0 Å². The van der Waals surface area contributed by atoms with Crippen molar-refractivity contribution in [3.05, 3.63) is 30.0 Å². The summed E-state index contributed by atoms with van der Waals surface area (Å²) in [7, 11) is 1.92. The van der Waals surface area contributed by atoms with Crippen molar-refractivity contribution in [1.82, 2.24) is 15.1 Å². The van der Waals surface area contributed by atoms with Gasteiger partial charge in [0.15, 0.2) is 0 Å². The molecule has 0 amide bonds. The molecule has 4 rings (SSSR count). The van der Waals surface area contributed by atoms with Gasteiger partial charge >= 0.3 is 0 Å². The third kappa shape index (κ3) is 1.93. The van der Waals surface area contributed by atoms with Crippen molar-refractivity contribution in [2.24, 2.45) is 7.05 Å². The van der Waals surface area contributed by atoms with Gasteiger partial charge < -0.3 is 15.2 Å². The number of piperidine rings is 1. The van der Waals surface area contributed by atoms with Crippen molar-refractivity contribution >= 4 is 10.9 Å². The van der Waals surface area contributed by atoms with E-state index in [1.807, 2.05) is 36.1 Å². The van der Waals surface area contributed by atoms with Crippen LogP contribution in [0.5, 0.6) is 0 Å². The van der Waals surface area contributed by atoms with E-state index in [-0.39, 0.29) is 12.1 Å². The van der Waals surface area contributed by atoms with Crippen LogP contribution in [0.4, 0.5) is 0 Å². The summed E-state index contributed by atoms with van der Waals surface area (Å²) in [5, 5.41) is 20.1. The third-order valence-electron chi connectivity index (χ3n) is 4.44. The van der Waals surface area contributed by atoms with Crippen LogP contribution < -0.4 is 5.32 Å². The summed E-state index contributed by atoms with van der Waals surface area (Å²) in [5.74, 6) is 0. The lowest BCUT2D eigenvalue weighted by Crippen LogP contribution is -2.58. The molecule has 0 spiro atoms. The lowest BCUT2D eigenvalue weighted by atomic mass is 9.78. The second-order valence-corrected chi connectivity index (χ2v) is 6.11. The second kappa shape index (κ2) is 4.28. The Kier molecular flexibility index (Phi) is 2.64. The Bertz CT molecular complexity index is 640. The van der Waals surface area contributed by atoms with Gasteiger partial charge in [-0.25, -0.2) is 0 Å². The molecule has 0 radical (unpaired) electrons. The Balaban J connectivity index is 1.73. The number of nitrogens with zero attached hydrogens (tertiary/aromatic N) is 2. The van der Waals surface area contributed by atoms with E-state index >= 15 is 0 Å². The van der Waals surface area contributed by atoms with Crippen molar-refractivity contribution in [2.45, 2.75) is 30.5 Å². The normalized spacial score (nSPS) is 33.5. The summed E-state index contributed by atoms with van der Waals surface area (Å²) < 4.78 is 7.36. The number of rotatable bonds is 1. The van der Waals surface area contributed by atoms with Crippen LogP contribution in [-0.2, 0) is 17.4 Å². The average molecular weight is 273 g/mol. The minimum absolute atomic E-state index is 0.243. The Hall–Kier alpha value is -1.43. The first-order valence-corrected chi connectivity index (χ1v) is 7.12. The molecular formula is C15H19N3O2. The van der Waals surface area contributed by atoms with Gasteiger partial charge in [-0.05, 0) is 24.5 Å². The van der Waals surface area contributed by atoms with Crippen molar-refractivity contribution in [1.29, 1.82) is 0 Å². The molecule has 2 N–H and O–H groups in total. The number of aromatic nitrogens is 2. The standard InChI is InChI=1S/C15H19N3O2/c1-18-7-10-2-3-11(4-14(10)17-18)15(19)5-12-8-20-9-13(6-15)16-12/h2-4,7,12-13,16,19H,5-6,8-9H2,1H3. The van der Waals surface area contributed by atoms with Crippen molar-refractivity contribution in [3.63, 3.8) is 0 Å². The zero-order valence-electron chi connectivity index (χ0n) is 11.5. The highest BCUT2D eigenvalue weighted by molar-refractivity contribution is 5.78. The second-order valence-electron chi connectivity index (χ2n) is 6.11. The molecule has 1 aromatic heterocycles. The van der Waals surface area contributed by atoms with Crippen molar-refractivity contribution < 1.29 is 9.84 Å². The van der Waals surface area contributed by atoms with Crippen LogP contribution >= 0.6 is 0 Å². The number of fused-ring (bicyclic) bond motifs is 3. The van der Waals surface area contributed by atoms with Crippen LogP contribution in [0.2, 0.25) is 0 Å². The molecule has 3 heterocycles. The van der Waals surface area contributed by atoms with Gasteiger partial charge in [0.05, 0.1) is 24.3 Å². The predicted molar refractivity (Wildman–Crippen MR) is 75.4 cm³/mol. The smallest absolute Gasteiger partial charge is 0.0928 e. The van der Waals surface area contributed by atoms with E-state index in [2.05, 4.69) is 10.4 Å². The molecule has 2 aliphatic heterocycles. The molecule has 20 heavy (non-hydrogen) atoms. The SMILES string of the molecule is Cn1cc2ccc(C3(O)CC4COCC(C3)N4)cc2n1. The molecule has 2 aromatic rings. The Morgan fingerprint density at radius 3 is 2.85 bits per heavy atom. The number of nitrogens with one attached hydrogen (secondary N) is 1.